The Labute approximate surface area is 112 Å². The highest BCUT2D eigenvalue weighted by molar-refractivity contribution is 5.88. The van der Waals surface area contributed by atoms with Crippen molar-refractivity contribution in [2.75, 3.05) is 0 Å². The molecule has 7 heteroatoms. The van der Waals surface area contributed by atoms with Gasteiger partial charge in [-0.15, -0.1) is 5.10 Å². The first kappa shape index (κ1) is 12.2. The van der Waals surface area contributed by atoms with Crippen molar-refractivity contribution in [1.82, 2.24) is 20.0 Å². The summed E-state index contributed by atoms with van der Waals surface area (Å²) in [5.74, 6) is -2.14. The molecule has 0 saturated carbocycles. The molecule has 0 atom stereocenters. The Bertz CT molecular complexity index is 828. The molecule has 0 saturated heterocycles. The Hall–Kier alpha value is -2.83. The van der Waals surface area contributed by atoms with E-state index >= 15 is 0 Å². The number of carboxylic acids is 1. The normalized spacial score (nSPS) is 10.9. The van der Waals surface area contributed by atoms with Crippen LogP contribution in [0.15, 0.2) is 30.3 Å². The zero-order valence-corrected chi connectivity index (χ0v) is 10.4. The SMILES string of the molecule is Cc1ccc2nnn(-c3ccc(C(=O)O)c(F)c3)c2n1. The number of pyridine rings is 1. The first-order valence-electron chi connectivity index (χ1n) is 5.78. The van der Waals surface area contributed by atoms with Gasteiger partial charge in [-0.1, -0.05) is 5.21 Å². The fourth-order valence-corrected chi connectivity index (χ4v) is 1.89. The standard InChI is InChI=1S/C13H9FN4O2/c1-7-2-5-11-12(15-7)18(17-16-11)8-3-4-9(13(19)20)10(14)6-8/h2-6H,1H3,(H,19,20). The third kappa shape index (κ3) is 1.89. The summed E-state index contributed by atoms with van der Waals surface area (Å²) in [6, 6.07) is 7.32. The zero-order valence-electron chi connectivity index (χ0n) is 10.4. The van der Waals surface area contributed by atoms with Gasteiger partial charge in [-0.05, 0) is 31.2 Å². The molecule has 0 aliphatic heterocycles. The molecule has 100 valence electrons. The predicted octanol–water partition coefficient (Wildman–Crippen LogP) is 1.96. The predicted molar refractivity (Wildman–Crippen MR) is 68.3 cm³/mol. The van der Waals surface area contributed by atoms with Crippen LogP contribution in [0.3, 0.4) is 0 Å². The van der Waals surface area contributed by atoms with Gasteiger partial charge in [0.05, 0.1) is 11.3 Å². The minimum atomic E-state index is -1.31. The lowest BCUT2D eigenvalue weighted by molar-refractivity contribution is 0.0692. The van der Waals surface area contributed by atoms with Crippen LogP contribution in [0.4, 0.5) is 4.39 Å². The number of halogens is 1. The summed E-state index contributed by atoms with van der Waals surface area (Å²) >= 11 is 0. The van der Waals surface area contributed by atoms with Gasteiger partial charge in [0.1, 0.15) is 11.3 Å². The number of hydrogen-bond acceptors (Lipinski definition) is 4. The molecule has 0 fully saturated rings. The highest BCUT2D eigenvalue weighted by Gasteiger charge is 2.13. The number of rotatable bonds is 2. The van der Waals surface area contributed by atoms with Crippen molar-refractivity contribution < 1.29 is 14.3 Å². The topological polar surface area (TPSA) is 80.9 Å². The molecule has 0 aliphatic carbocycles. The summed E-state index contributed by atoms with van der Waals surface area (Å²) in [5, 5.41) is 16.7. The molecule has 1 aromatic carbocycles. The lowest BCUT2D eigenvalue weighted by atomic mass is 10.2. The highest BCUT2D eigenvalue weighted by Crippen LogP contribution is 2.17. The monoisotopic (exact) mass is 272 g/mol. The molecule has 0 spiro atoms. The van der Waals surface area contributed by atoms with Gasteiger partial charge in [0.15, 0.2) is 5.65 Å². The molecular formula is C13H9FN4O2. The van der Waals surface area contributed by atoms with Crippen molar-refractivity contribution in [3.8, 4) is 5.69 Å². The number of aromatic nitrogens is 4. The van der Waals surface area contributed by atoms with E-state index in [1.165, 1.54) is 16.8 Å². The molecule has 20 heavy (non-hydrogen) atoms. The summed E-state index contributed by atoms with van der Waals surface area (Å²) in [7, 11) is 0. The molecule has 3 aromatic rings. The maximum absolute atomic E-state index is 13.7. The van der Waals surface area contributed by atoms with E-state index < -0.39 is 11.8 Å². The maximum atomic E-state index is 13.7. The first-order chi connectivity index (χ1) is 9.56. The Kier molecular flexibility index (Phi) is 2.67. The summed E-state index contributed by atoms with van der Waals surface area (Å²) in [6.07, 6.45) is 0. The van der Waals surface area contributed by atoms with Crippen LogP contribution in [-0.4, -0.2) is 31.1 Å². The second-order valence-electron chi connectivity index (χ2n) is 4.27. The van der Waals surface area contributed by atoms with Gasteiger partial charge in [-0.3, -0.25) is 0 Å². The smallest absolute Gasteiger partial charge is 0.338 e. The van der Waals surface area contributed by atoms with Gasteiger partial charge >= 0.3 is 5.97 Å². The number of hydrogen-bond donors (Lipinski definition) is 1. The second kappa shape index (κ2) is 4.37. The second-order valence-corrected chi connectivity index (χ2v) is 4.27. The summed E-state index contributed by atoms with van der Waals surface area (Å²) < 4.78 is 15.1. The molecule has 2 aromatic heterocycles. The van der Waals surface area contributed by atoms with Crippen LogP contribution >= 0.6 is 0 Å². The van der Waals surface area contributed by atoms with Crippen LogP contribution in [0.1, 0.15) is 16.1 Å². The zero-order chi connectivity index (χ0) is 14.3. The summed E-state index contributed by atoms with van der Waals surface area (Å²) in [6.45, 7) is 1.82. The minimum Gasteiger partial charge on any atom is -0.478 e. The van der Waals surface area contributed by atoms with Gasteiger partial charge in [0.25, 0.3) is 0 Å². The molecule has 0 amide bonds. The minimum absolute atomic E-state index is 0.369. The van der Waals surface area contributed by atoms with E-state index in [1.54, 1.807) is 12.1 Å². The quantitative estimate of drug-likeness (QED) is 0.771. The number of nitrogens with zero attached hydrogens (tertiary/aromatic N) is 4. The van der Waals surface area contributed by atoms with Gasteiger partial charge in [-0.2, -0.15) is 4.68 Å². The van der Waals surface area contributed by atoms with Gasteiger partial charge in [-0.25, -0.2) is 14.2 Å². The summed E-state index contributed by atoms with van der Waals surface area (Å²) in [5.41, 5.74) is 1.84. The largest absolute Gasteiger partial charge is 0.478 e. The number of aromatic carboxylic acids is 1. The fourth-order valence-electron chi connectivity index (χ4n) is 1.89. The number of carbonyl (C=O) groups is 1. The number of carboxylic acid groups (broad SMARTS) is 1. The molecule has 0 radical (unpaired) electrons. The van der Waals surface area contributed by atoms with Crippen LogP contribution in [0.2, 0.25) is 0 Å². The number of fused-ring (bicyclic) bond motifs is 1. The van der Waals surface area contributed by atoms with Crippen molar-refractivity contribution in [1.29, 1.82) is 0 Å². The van der Waals surface area contributed by atoms with Crippen LogP contribution < -0.4 is 0 Å². The molecule has 0 aliphatic rings. The van der Waals surface area contributed by atoms with Gasteiger partial charge in [0.2, 0.25) is 0 Å². The Morgan fingerprint density at radius 2 is 2.10 bits per heavy atom. The van der Waals surface area contributed by atoms with E-state index in [4.69, 9.17) is 5.11 Å². The molecule has 3 rings (SSSR count). The Balaban J connectivity index is 2.18. The van der Waals surface area contributed by atoms with E-state index in [9.17, 15) is 9.18 Å². The number of aryl methyl sites for hydroxylation is 1. The average Bonchev–Trinajstić information content (AvgIpc) is 2.81. The van der Waals surface area contributed by atoms with E-state index in [2.05, 4.69) is 15.3 Å². The molecule has 0 bridgehead atoms. The van der Waals surface area contributed by atoms with Crippen molar-refractivity contribution in [3.05, 3.63) is 47.4 Å². The van der Waals surface area contributed by atoms with E-state index in [1.807, 2.05) is 6.92 Å². The fraction of sp³-hybridized carbons (Fsp3) is 0.0769. The highest BCUT2D eigenvalue weighted by atomic mass is 19.1. The van der Waals surface area contributed by atoms with Crippen molar-refractivity contribution in [2.45, 2.75) is 6.92 Å². The third-order valence-corrected chi connectivity index (χ3v) is 2.86. The van der Waals surface area contributed by atoms with Gasteiger partial charge < -0.3 is 5.11 Å². The maximum Gasteiger partial charge on any atom is 0.338 e. The van der Waals surface area contributed by atoms with E-state index in [-0.39, 0.29) is 5.56 Å². The molecule has 0 unspecified atom stereocenters. The van der Waals surface area contributed by atoms with Crippen LogP contribution in [0.25, 0.3) is 16.9 Å². The lowest BCUT2D eigenvalue weighted by Gasteiger charge is -2.04. The molecule has 1 N–H and O–H groups in total. The van der Waals surface area contributed by atoms with Gasteiger partial charge in [0, 0.05) is 11.8 Å². The van der Waals surface area contributed by atoms with Crippen molar-refractivity contribution in [2.24, 2.45) is 0 Å². The number of benzene rings is 1. The Morgan fingerprint density at radius 3 is 2.80 bits per heavy atom. The van der Waals surface area contributed by atoms with Crippen LogP contribution in [0, 0.1) is 12.7 Å². The molecule has 6 nitrogen and oxygen atoms in total. The lowest BCUT2D eigenvalue weighted by Crippen LogP contribution is -2.04. The van der Waals surface area contributed by atoms with Crippen LogP contribution in [0.5, 0.6) is 0 Å². The van der Waals surface area contributed by atoms with E-state index in [0.717, 1.165) is 11.8 Å². The Morgan fingerprint density at radius 1 is 1.30 bits per heavy atom. The first-order valence-corrected chi connectivity index (χ1v) is 5.78. The molecular weight excluding hydrogens is 263 g/mol. The molecule has 2 heterocycles. The van der Waals surface area contributed by atoms with Crippen LogP contribution in [-0.2, 0) is 0 Å². The summed E-state index contributed by atoms with van der Waals surface area (Å²) in [4.78, 5) is 15.1. The average molecular weight is 272 g/mol. The van der Waals surface area contributed by atoms with Crippen molar-refractivity contribution >= 4 is 17.1 Å². The third-order valence-electron chi connectivity index (χ3n) is 2.86. The van der Waals surface area contributed by atoms with Crippen molar-refractivity contribution in [3.63, 3.8) is 0 Å². The van der Waals surface area contributed by atoms with E-state index in [0.29, 0.717) is 16.9 Å².